The van der Waals surface area contributed by atoms with E-state index in [1.54, 1.807) is 12.1 Å². The van der Waals surface area contributed by atoms with E-state index in [0.717, 1.165) is 16.9 Å². The maximum atomic E-state index is 12.9. The van der Waals surface area contributed by atoms with E-state index < -0.39 is 10.0 Å². The minimum atomic E-state index is -3.59. The Hall–Kier alpha value is -2.71. The van der Waals surface area contributed by atoms with E-state index in [4.69, 9.17) is 0 Å². The molecule has 0 radical (unpaired) electrons. The largest absolute Gasteiger partial charge is 0.369 e. The molecule has 2 aromatic rings. The predicted molar refractivity (Wildman–Crippen MR) is 106 cm³/mol. The number of benzene rings is 2. The van der Waals surface area contributed by atoms with Crippen LogP contribution in [0.15, 0.2) is 47.4 Å². The topological polar surface area (TPSA) is 86.8 Å². The van der Waals surface area contributed by atoms with Gasteiger partial charge in [-0.05, 0) is 42.8 Å². The summed E-state index contributed by atoms with van der Waals surface area (Å²) in [5.74, 6) is -0.0948. The second-order valence-corrected chi connectivity index (χ2v) is 8.98. The molecule has 0 aromatic heterocycles. The number of anilines is 2. The number of carbonyl (C=O) groups excluding carboxylic acids is 2. The van der Waals surface area contributed by atoms with Crippen molar-refractivity contribution in [1.82, 2.24) is 4.31 Å². The second-order valence-electron chi connectivity index (χ2n) is 7.04. The Bertz CT molecular complexity index is 1040. The molecule has 4 rings (SSSR count). The van der Waals surface area contributed by atoms with Crippen LogP contribution in [0.25, 0.3) is 0 Å². The van der Waals surface area contributed by atoms with Gasteiger partial charge >= 0.3 is 0 Å². The third kappa shape index (κ3) is 3.41. The fraction of sp³-hybridized carbons (Fsp3) is 0.300. The van der Waals surface area contributed by atoms with E-state index in [-0.39, 0.29) is 16.6 Å². The summed E-state index contributed by atoms with van der Waals surface area (Å²) in [5.41, 5.74) is 3.32. The molecule has 2 aromatic carbocycles. The summed E-state index contributed by atoms with van der Waals surface area (Å²) in [4.78, 5) is 25.2. The molecule has 0 spiro atoms. The molecule has 2 aliphatic heterocycles. The molecule has 2 aliphatic rings. The monoisotopic (exact) mass is 399 g/mol. The summed E-state index contributed by atoms with van der Waals surface area (Å²) >= 11 is 0. The van der Waals surface area contributed by atoms with Crippen LogP contribution in [0.2, 0.25) is 0 Å². The Labute approximate surface area is 164 Å². The molecule has 146 valence electrons. The number of nitrogens with one attached hydrogen (secondary N) is 1. The number of carbonyl (C=O) groups is 2. The van der Waals surface area contributed by atoms with E-state index in [2.05, 4.69) is 10.2 Å². The van der Waals surface area contributed by atoms with Crippen LogP contribution in [0.4, 0.5) is 11.4 Å². The number of amides is 1. The minimum absolute atomic E-state index is 0.00106. The highest BCUT2D eigenvalue weighted by Crippen LogP contribution is 2.29. The first kappa shape index (κ1) is 18.6. The zero-order valence-corrected chi connectivity index (χ0v) is 16.3. The average Bonchev–Trinajstić information content (AvgIpc) is 3.07. The molecule has 0 aliphatic carbocycles. The smallest absolute Gasteiger partial charge is 0.243 e. The van der Waals surface area contributed by atoms with E-state index in [1.807, 2.05) is 18.2 Å². The number of hydrogen-bond acceptors (Lipinski definition) is 5. The van der Waals surface area contributed by atoms with Crippen LogP contribution >= 0.6 is 0 Å². The second kappa shape index (κ2) is 7.03. The van der Waals surface area contributed by atoms with Gasteiger partial charge in [-0.2, -0.15) is 4.31 Å². The maximum Gasteiger partial charge on any atom is 0.243 e. The first-order chi connectivity index (χ1) is 13.3. The molecule has 7 nitrogen and oxygen atoms in total. The van der Waals surface area contributed by atoms with E-state index in [9.17, 15) is 18.0 Å². The van der Waals surface area contributed by atoms with Crippen molar-refractivity contribution in [3.8, 4) is 0 Å². The van der Waals surface area contributed by atoms with Gasteiger partial charge in [0, 0.05) is 43.1 Å². The Kier molecular flexibility index (Phi) is 4.68. The highest BCUT2D eigenvalue weighted by atomic mass is 32.2. The van der Waals surface area contributed by atoms with Crippen LogP contribution in [0.3, 0.4) is 0 Å². The van der Waals surface area contributed by atoms with Crippen molar-refractivity contribution in [2.45, 2.75) is 18.2 Å². The van der Waals surface area contributed by atoms with Crippen molar-refractivity contribution in [3.63, 3.8) is 0 Å². The summed E-state index contributed by atoms with van der Waals surface area (Å²) in [6.45, 7) is 3.36. The van der Waals surface area contributed by atoms with E-state index in [1.165, 1.54) is 23.4 Å². The fourth-order valence-electron chi connectivity index (χ4n) is 3.61. The molecule has 0 bridgehead atoms. The van der Waals surface area contributed by atoms with Gasteiger partial charge in [-0.1, -0.05) is 12.1 Å². The summed E-state index contributed by atoms with van der Waals surface area (Å²) in [6, 6.07) is 11.9. The van der Waals surface area contributed by atoms with Gasteiger partial charge in [0.2, 0.25) is 15.9 Å². The standard InChI is InChI=1S/C20H21N3O4S/c1-14(24)15-2-5-18(6-3-15)28(26,27)23-10-8-22(9-11-23)17-4-7-19-16(12-17)13-20(25)21-19/h2-7,12H,8-11,13H2,1H3,(H,21,25). The van der Waals surface area contributed by atoms with Crippen LogP contribution in [0.1, 0.15) is 22.8 Å². The molecule has 2 heterocycles. The zero-order chi connectivity index (χ0) is 19.9. The van der Waals surface area contributed by atoms with Crippen molar-refractivity contribution in [2.24, 2.45) is 0 Å². The Morgan fingerprint density at radius 3 is 2.32 bits per heavy atom. The molecule has 1 fully saturated rings. The van der Waals surface area contributed by atoms with Crippen molar-refractivity contribution in [1.29, 1.82) is 0 Å². The third-order valence-corrected chi connectivity index (χ3v) is 7.13. The first-order valence-corrected chi connectivity index (χ1v) is 10.6. The Morgan fingerprint density at radius 2 is 1.68 bits per heavy atom. The lowest BCUT2D eigenvalue weighted by Crippen LogP contribution is -2.48. The number of piperazine rings is 1. The summed E-state index contributed by atoms with van der Waals surface area (Å²) in [6.07, 6.45) is 0.383. The van der Waals surface area contributed by atoms with Gasteiger partial charge in [0.25, 0.3) is 0 Å². The van der Waals surface area contributed by atoms with Crippen molar-refractivity contribution >= 4 is 33.1 Å². The van der Waals surface area contributed by atoms with Gasteiger partial charge in [-0.25, -0.2) is 8.42 Å². The number of fused-ring (bicyclic) bond motifs is 1. The first-order valence-electron chi connectivity index (χ1n) is 9.13. The lowest BCUT2D eigenvalue weighted by molar-refractivity contribution is -0.115. The molecular formula is C20H21N3O4S. The molecule has 28 heavy (non-hydrogen) atoms. The molecule has 1 N–H and O–H groups in total. The molecular weight excluding hydrogens is 378 g/mol. The Morgan fingerprint density at radius 1 is 1.00 bits per heavy atom. The molecule has 8 heteroatoms. The summed E-state index contributed by atoms with van der Waals surface area (Å²) in [7, 11) is -3.59. The third-order valence-electron chi connectivity index (χ3n) is 5.22. The lowest BCUT2D eigenvalue weighted by Gasteiger charge is -2.35. The lowest BCUT2D eigenvalue weighted by atomic mass is 10.1. The van der Waals surface area contributed by atoms with Crippen LogP contribution in [0.5, 0.6) is 0 Å². The molecule has 0 unspecified atom stereocenters. The summed E-state index contributed by atoms with van der Waals surface area (Å²) in [5, 5.41) is 2.82. The van der Waals surface area contributed by atoms with E-state index in [0.29, 0.717) is 38.2 Å². The number of rotatable bonds is 4. The number of hydrogen-bond donors (Lipinski definition) is 1. The zero-order valence-electron chi connectivity index (χ0n) is 15.5. The summed E-state index contributed by atoms with van der Waals surface area (Å²) < 4.78 is 27.2. The highest BCUT2D eigenvalue weighted by Gasteiger charge is 2.29. The molecule has 0 atom stereocenters. The number of ketones is 1. The van der Waals surface area contributed by atoms with Gasteiger partial charge in [0.1, 0.15) is 0 Å². The van der Waals surface area contributed by atoms with E-state index >= 15 is 0 Å². The SMILES string of the molecule is CC(=O)c1ccc(S(=O)(=O)N2CCN(c3ccc4c(c3)CC(=O)N4)CC2)cc1. The predicted octanol–water partition coefficient (Wildman–Crippen LogP) is 1.89. The quantitative estimate of drug-likeness (QED) is 0.794. The fourth-order valence-corrected chi connectivity index (χ4v) is 5.03. The van der Waals surface area contributed by atoms with Crippen LogP contribution in [0, 0.1) is 0 Å². The Balaban J connectivity index is 1.45. The molecule has 1 amide bonds. The number of nitrogens with zero attached hydrogens (tertiary/aromatic N) is 2. The minimum Gasteiger partial charge on any atom is -0.369 e. The van der Waals surface area contributed by atoms with Crippen molar-refractivity contribution in [2.75, 3.05) is 36.4 Å². The number of Topliss-reactive ketones (excluding diaryl/α,β-unsaturated/α-hetero) is 1. The van der Waals surface area contributed by atoms with Crippen LogP contribution < -0.4 is 10.2 Å². The van der Waals surface area contributed by atoms with Crippen molar-refractivity contribution < 1.29 is 18.0 Å². The molecule has 1 saturated heterocycles. The molecule has 0 saturated carbocycles. The van der Waals surface area contributed by atoms with Gasteiger partial charge in [-0.15, -0.1) is 0 Å². The van der Waals surface area contributed by atoms with Gasteiger partial charge in [0.05, 0.1) is 11.3 Å². The highest BCUT2D eigenvalue weighted by molar-refractivity contribution is 7.89. The van der Waals surface area contributed by atoms with Gasteiger partial charge in [-0.3, -0.25) is 9.59 Å². The van der Waals surface area contributed by atoms with Gasteiger partial charge in [0.15, 0.2) is 5.78 Å². The normalized spacial score (nSPS) is 17.3. The van der Waals surface area contributed by atoms with Crippen LogP contribution in [-0.4, -0.2) is 50.6 Å². The number of sulfonamides is 1. The van der Waals surface area contributed by atoms with Crippen molar-refractivity contribution in [3.05, 3.63) is 53.6 Å². The maximum absolute atomic E-state index is 12.9. The van der Waals surface area contributed by atoms with Crippen LogP contribution in [-0.2, 0) is 21.2 Å². The van der Waals surface area contributed by atoms with Gasteiger partial charge < -0.3 is 10.2 Å². The average molecular weight is 399 g/mol.